The van der Waals surface area contributed by atoms with E-state index in [4.69, 9.17) is 4.74 Å². The van der Waals surface area contributed by atoms with Crippen LogP contribution in [0.5, 0.6) is 0 Å². The van der Waals surface area contributed by atoms with Gasteiger partial charge >= 0.3 is 0 Å². The Hall–Kier alpha value is -1.86. The molecule has 1 saturated carbocycles. The molecule has 0 atom stereocenters. The molecule has 1 fully saturated rings. The van der Waals surface area contributed by atoms with Crippen molar-refractivity contribution in [3.8, 4) is 0 Å². The van der Waals surface area contributed by atoms with Gasteiger partial charge in [-0.15, -0.1) is 6.58 Å². The fourth-order valence-corrected chi connectivity index (χ4v) is 5.63. The van der Waals surface area contributed by atoms with Crippen LogP contribution in [-0.2, 0) is 30.6 Å². The van der Waals surface area contributed by atoms with E-state index in [1.54, 1.807) is 7.11 Å². The highest BCUT2D eigenvalue weighted by Crippen LogP contribution is 2.34. The summed E-state index contributed by atoms with van der Waals surface area (Å²) in [6.07, 6.45) is 22.3. The summed E-state index contributed by atoms with van der Waals surface area (Å²) >= 11 is 0. The topological polar surface area (TPSA) is 9.23 Å². The van der Waals surface area contributed by atoms with Gasteiger partial charge in [0.25, 0.3) is 0 Å². The molecule has 0 radical (unpaired) electrons. The van der Waals surface area contributed by atoms with Crippen LogP contribution in [0.4, 0.5) is 0 Å². The summed E-state index contributed by atoms with van der Waals surface area (Å²) in [5, 5.41) is 0. The lowest BCUT2D eigenvalue weighted by Crippen LogP contribution is -2.14. The van der Waals surface area contributed by atoms with Gasteiger partial charge in [0.15, 0.2) is 0 Å². The molecule has 2 aromatic carbocycles. The van der Waals surface area contributed by atoms with Crippen molar-refractivity contribution in [1.82, 2.24) is 0 Å². The second kappa shape index (κ2) is 15.9. The molecule has 0 N–H and O–H groups in total. The van der Waals surface area contributed by atoms with Gasteiger partial charge in [-0.3, -0.25) is 0 Å². The second-order valence-corrected chi connectivity index (χ2v) is 10.6. The first-order chi connectivity index (χ1) is 16.8. The summed E-state index contributed by atoms with van der Waals surface area (Å²) in [6, 6.07) is 18.3. The van der Waals surface area contributed by atoms with Gasteiger partial charge in [0.2, 0.25) is 0 Å². The number of allylic oxidation sites excluding steroid dienone is 1. The summed E-state index contributed by atoms with van der Waals surface area (Å²) < 4.78 is 5.20. The van der Waals surface area contributed by atoms with Gasteiger partial charge in [-0.25, -0.2) is 0 Å². The smallest absolute Gasteiger partial charge is 0.0713 e. The van der Waals surface area contributed by atoms with Gasteiger partial charge in [-0.1, -0.05) is 106 Å². The van der Waals surface area contributed by atoms with Gasteiger partial charge in [-0.05, 0) is 79.0 Å². The molecule has 1 heteroatoms. The van der Waals surface area contributed by atoms with Crippen molar-refractivity contribution in [2.24, 2.45) is 11.8 Å². The van der Waals surface area contributed by atoms with Crippen LogP contribution in [0.3, 0.4) is 0 Å². The minimum Gasteiger partial charge on any atom is -0.380 e. The van der Waals surface area contributed by atoms with Crippen LogP contribution in [-0.4, -0.2) is 7.11 Å². The highest BCUT2D eigenvalue weighted by molar-refractivity contribution is 5.23. The number of ether oxygens (including phenoxy) is 1. The third-order valence-corrected chi connectivity index (χ3v) is 7.85. The van der Waals surface area contributed by atoms with Gasteiger partial charge in [-0.2, -0.15) is 0 Å². The minimum atomic E-state index is 0.716. The first-order valence-corrected chi connectivity index (χ1v) is 14.0. The second-order valence-electron chi connectivity index (χ2n) is 10.6. The largest absolute Gasteiger partial charge is 0.380 e. The SMILES string of the molecule is C=CCCCc1ccc(CCCC[C@H]2CC[C@H](CCCCc3ccc(COC)cc3)CC2)cc1. The van der Waals surface area contributed by atoms with E-state index in [1.807, 2.05) is 6.08 Å². The summed E-state index contributed by atoms with van der Waals surface area (Å²) in [5.74, 6) is 1.99. The van der Waals surface area contributed by atoms with Crippen molar-refractivity contribution in [3.63, 3.8) is 0 Å². The summed E-state index contributed by atoms with van der Waals surface area (Å²) in [5.41, 5.74) is 5.73. The fraction of sp³-hybridized carbons (Fsp3) is 0.576. The third-order valence-electron chi connectivity index (χ3n) is 7.85. The Kier molecular flexibility index (Phi) is 12.5. The molecule has 1 aliphatic rings. The first kappa shape index (κ1) is 26.7. The van der Waals surface area contributed by atoms with E-state index in [2.05, 4.69) is 55.1 Å². The monoisotopic (exact) mass is 460 g/mol. The van der Waals surface area contributed by atoms with Crippen LogP contribution < -0.4 is 0 Å². The van der Waals surface area contributed by atoms with Crippen LogP contribution in [0.15, 0.2) is 61.2 Å². The van der Waals surface area contributed by atoms with Gasteiger partial charge < -0.3 is 4.74 Å². The van der Waals surface area contributed by atoms with Crippen LogP contribution in [0.25, 0.3) is 0 Å². The predicted molar refractivity (Wildman–Crippen MR) is 147 cm³/mol. The zero-order valence-electron chi connectivity index (χ0n) is 21.8. The molecule has 0 heterocycles. The van der Waals surface area contributed by atoms with E-state index in [1.165, 1.54) is 112 Å². The Labute approximate surface area is 210 Å². The molecule has 1 nitrogen and oxygen atoms in total. The zero-order chi connectivity index (χ0) is 23.8. The molecule has 0 saturated heterocycles. The lowest BCUT2D eigenvalue weighted by molar-refractivity contribution is 0.185. The Morgan fingerprint density at radius 2 is 1.06 bits per heavy atom. The van der Waals surface area contributed by atoms with E-state index in [0.717, 1.165) is 18.3 Å². The molecular formula is C33H48O. The molecule has 1 aliphatic carbocycles. The number of hydrogen-bond acceptors (Lipinski definition) is 1. The summed E-state index contributed by atoms with van der Waals surface area (Å²) in [4.78, 5) is 0. The molecule has 0 aliphatic heterocycles. The average Bonchev–Trinajstić information content (AvgIpc) is 2.87. The van der Waals surface area contributed by atoms with E-state index >= 15 is 0 Å². The Bertz CT molecular complexity index is 780. The number of rotatable bonds is 16. The van der Waals surface area contributed by atoms with Crippen LogP contribution in [0.1, 0.15) is 99.3 Å². The molecule has 186 valence electrons. The maximum absolute atomic E-state index is 5.20. The molecule has 34 heavy (non-hydrogen) atoms. The normalized spacial score (nSPS) is 18.1. The predicted octanol–water partition coefficient (Wildman–Crippen LogP) is 9.27. The molecular weight excluding hydrogens is 412 g/mol. The Morgan fingerprint density at radius 3 is 1.47 bits per heavy atom. The van der Waals surface area contributed by atoms with Crippen molar-refractivity contribution < 1.29 is 4.74 Å². The number of hydrogen-bond donors (Lipinski definition) is 0. The Morgan fingerprint density at radius 1 is 0.647 bits per heavy atom. The first-order valence-electron chi connectivity index (χ1n) is 14.0. The zero-order valence-corrected chi connectivity index (χ0v) is 21.8. The fourth-order valence-electron chi connectivity index (χ4n) is 5.63. The maximum Gasteiger partial charge on any atom is 0.0713 e. The molecule has 0 spiro atoms. The van der Waals surface area contributed by atoms with Crippen LogP contribution in [0, 0.1) is 11.8 Å². The lowest BCUT2D eigenvalue weighted by atomic mass is 9.78. The maximum atomic E-state index is 5.20. The molecule has 0 aromatic heterocycles. The quantitative estimate of drug-likeness (QED) is 0.179. The van der Waals surface area contributed by atoms with Crippen molar-refractivity contribution in [3.05, 3.63) is 83.4 Å². The molecule has 0 amide bonds. The highest BCUT2D eigenvalue weighted by atomic mass is 16.5. The third kappa shape index (κ3) is 10.2. The molecule has 0 bridgehead atoms. The van der Waals surface area contributed by atoms with E-state index in [0.29, 0.717) is 6.61 Å². The number of methoxy groups -OCH3 is 1. The van der Waals surface area contributed by atoms with Crippen LogP contribution >= 0.6 is 0 Å². The number of benzene rings is 2. The van der Waals surface area contributed by atoms with Crippen molar-refractivity contribution in [2.75, 3.05) is 7.11 Å². The molecule has 2 aromatic rings. The van der Waals surface area contributed by atoms with Crippen molar-refractivity contribution >= 4 is 0 Å². The standard InChI is InChI=1S/C33H48O/c1-3-4-5-10-28-15-17-29(18-16-28)11-6-7-12-30-19-21-31(22-20-30)13-8-9-14-32-23-25-33(26-24-32)27-34-2/h3,15-18,23-26,30-31H,1,4-14,19-22,27H2,2H3/t30-,31-. The van der Waals surface area contributed by atoms with Gasteiger partial charge in [0.1, 0.15) is 0 Å². The summed E-state index contributed by atoms with van der Waals surface area (Å²) in [7, 11) is 1.76. The Balaban J connectivity index is 1.20. The average molecular weight is 461 g/mol. The molecule has 0 unspecified atom stereocenters. The van der Waals surface area contributed by atoms with E-state index < -0.39 is 0 Å². The van der Waals surface area contributed by atoms with Crippen molar-refractivity contribution in [2.45, 2.75) is 103 Å². The van der Waals surface area contributed by atoms with Crippen molar-refractivity contribution in [1.29, 1.82) is 0 Å². The summed E-state index contributed by atoms with van der Waals surface area (Å²) in [6.45, 7) is 4.53. The van der Waals surface area contributed by atoms with Crippen LogP contribution in [0.2, 0.25) is 0 Å². The molecule has 3 rings (SSSR count). The lowest BCUT2D eigenvalue weighted by Gasteiger charge is -2.28. The highest BCUT2D eigenvalue weighted by Gasteiger charge is 2.20. The van der Waals surface area contributed by atoms with E-state index in [-0.39, 0.29) is 0 Å². The van der Waals surface area contributed by atoms with Gasteiger partial charge in [0.05, 0.1) is 6.61 Å². The minimum absolute atomic E-state index is 0.716. The van der Waals surface area contributed by atoms with Gasteiger partial charge in [0, 0.05) is 7.11 Å². The van der Waals surface area contributed by atoms with E-state index in [9.17, 15) is 0 Å². The number of unbranched alkanes of at least 4 members (excludes halogenated alkanes) is 3. The number of aryl methyl sites for hydroxylation is 3.